The first-order chi connectivity index (χ1) is 13.2. The normalized spacial score (nSPS) is 32.0. The van der Waals surface area contributed by atoms with Crippen LogP contribution in [-0.4, -0.2) is 40.2 Å². The van der Waals surface area contributed by atoms with E-state index in [-0.39, 0.29) is 12.1 Å². The molecule has 4 bridgehead atoms. The van der Waals surface area contributed by atoms with Crippen LogP contribution >= 0.6 is 11.6 Å². The van der Waals surface area contributed by atoms with Gasteiger partial charge in [-0.2, -0.15) is 0 Å². The van der Waals surface area contributed by atoms with E-state index < -0.39 is 16.3 Å². The van der Waals surface area contributed by atoms with E-state index in [2.05, 4.69) is 0 Å². The van der Waals surface area contributed by atoms with Crippen LogP contribution in [0, 0.1) is 28.1 Å². The van der Waals surface area contributed by atoms with Crippen LogP contribution in [0.1, 0.15) is 86.0 Å². The van der Waals surface area contributed by atoms with Crippen LogP contribution in [0.4, 0.5) is 0 Å². The summed E-state index contributed by atoms with van der Waals surface area (Å²) in [5.74, 6) is 1.01. The van der Waals surface area contributed by atoms with Crippen molar-refractivity contribution in [2.24, 2.45) is 28.1 Å². The number of hydrogen-bond donors (Lipinski definition) is 3. The quantitative estimate of drug-likeness (QED) is 0.381. The number of carboxylic acid groups (broad SMARTS) is 1. The molecule has 6 saturated carbocycles. The molecule has 0 aromatic carbocycles. The zero-order valence-electron chi connectivity index (χ0n) is 19.4. The molecule has 0 amide bonds. The van der Waals surface area contributed by atoms with Crippen molar-refractivity contribution in [1.29, 1.82) is 0 Å². The second-order valence-corrected chi connectivity index (χ2v) is 12.3. The molecular weight excluding hydrogens is 406 g/mol. The largest absolute Gasteiger partial charge is 0.481 e. The molecule has 30 heavy (non-hydrogen) atoms. The number of hydrogen-bond acceptors (Lipinski definition) is 5. The lowest BCUT2D eigenvalue weighted by molar-refractivity contribution is -0.154. The lowest BCUT2D eigenvalue weighted by Gasteiger charge is -2.62. The van der Waals surface area contributed by atoms with E-state index in [4.69, 9.17) is 26.6 Å². The van der Waals surface area contributed by atoms with Gasteiger partial charge in [-0.3, -0.25) is 9.59 Å². The van der Waals surface area contributed by atoms with Gasteiger partial charge in [-0.1, -0.05) is 0 Å². The number of esters is 1. The zero-order valence-corrected chi connectivity index (χ0v) is 20.2. The number of aliphatic carboxylic acids is 1. The molecule has 5 N–H and O–H groups in total. The van der Waals surface area contributed by atoms with Crippen LogP contribution in [0.5, 0.6) is 0 Å². The number of ether oxygens (including phenoxy) is 1. The van der Waals surface area contributed by atoms with Crippen molar-refractivity contribution in [3.63, 3.8) is 0 Å². The Balaban J connectivity index is 0.000000241. The Kier molecular flexibility index (Phi) is 8.83. The number of carbonyl (C=O) groups is 2. The molecule has 6 aliphatic carbocycles. The number of aliphatic hydroxyl groups is 1. The summed E-state index contributed by atoms with van der Waals surface area (Å²) < 4.78 is 5.13. The third kappa shape index (κ3) is 6.83. The summed E-state index contributed by atoms with van der Waals surface area (Å²) in [4.78, 5) is 20.5. The Bertz CT molecular complexity index is 574. The molecule has 6 fully saturated rings. The molecule has 0 aromatic heterocycles. The zero-order chi connectivity index (χ0) is 22.1. The molecule has 0 heterocycles. The Hall–Kier alpha value is -0.850. The SMILES string of the molecule is CC(C)(C)C(=O)O.CC(C)(Cl)C(=O)OCCC12CC(C1)C2.N.OCCC12CC(C1)C2. The maximum Gasteiger partial charge on any atom is 0.326 e. The molecule has 6 nitrogen and oxygen atoms in total. The molecule has 0 atom stereocenters. The number of rotatable bonds is 6. The van der Waals surface area contributed by atoms with Crippen molar-refractivity contribution >= 4 is 23.5 Å². The topological polar surface area (TPSA) is 119 Å². The first-order valence-electron chi connectivity index (χ1n) is 10.9. The Morgan fingerprint density at radius 3 is 1.50 bits per heavy atom. The first-order valence-corrected chi connectivity index (χ1v) is 11.3. The highest BCUT2D eigenvalue weighted by molar-refractivity contribution is 6.33. The first kappa shape index (κ1) is 27.2. The van der Waals surface area contributed by atoms with E-state index in [1.807, 2.05) is 0 Å². The molecule has 0 saturated heterocycles. The summed E-state index contributed by atoms with van der Waals surface area (Å²) in [5, 5.41) is 16.8. The van der Waals surface area contributed by atoms with Gasteiger partial charge in [0.05, 0.1) is 12.0 Å². The van der Waals surface area contributed by atoms with Crippen molar-refractivity contribution in [1.82, 2.24) is 6.15 Å². The van der Waals surface area contributed by atoms with Crippen molar-refractivity contribution in [2.75, 3.05) is 13.2 Å². The predicted octanol–water partition coefficient (Wildman–Crippen LogP) is 5.19. The Labute approximate surface area is 186 Å². The van der Waals surface area contributed by atoms with Gasteiger partial charge in [0.15, 0.2) is 0 Å². The maximum atomic E-state index is 11.3. The van der Waals surface area contributed by atoms with Crippen molar-refractivity contribution in [3.8, 4) is 0 Å². The summed E-state index contributed by atoms with van der Waals surface area (Å²) in [6.45, 7) is 9.27. The van der Waals surface area contributed by atoms with Crippen molar-refractivity contribution < 1.29 is 24.5 Å². The molecule has 6 rings (SSSR count). The van der Waals surface area contributed by atoms with Gasteiger partial charge in [0.2, 0.25) is 0 Å². The number of carbonyl (C=O) groups excluding carboxylic acids is 1. The molecule has 0 unspecified atom stereocenters. The van der Waals surface area contributed by atoms with Crippen molar-refractivity contribution in [2.45, 2.75) is 90.9 Å². The Morgan fingerprint density at radius 1 is 0.933 bits per heavy atom. The van der Waals surface area contributed by atoms with Gasteiger partial charge in [-0.25, -0.2) is 0 Å². The Morgan fingerprint density at radius 2 is 1.30 bits per heavy atom. The maximum absolute atomic E-state index is 11.3. The molecular formula is C23H42ClNO5. The summed E-state index contributed by atoms with van der Waals surface area (Å²) >= 11 is 5.82. The third-order valence-corrected chi connectivity index (χ3v) is 7.12. The van der Waals surface area contributed by atoms with E-state index in [1.54, 1.807) is 34.6 Å². The smallest absolute Gasteiger partial charge is 0.326 e. The number of carboxylic acids is 1. The molecule has 0 aliphatic heterocycles. The van der Waals surface area contributed by atoms with Gasteiger partial charge in [-0.05, 0) is 109 Å². The summed E-state index contributed by atoms with van der Waals surface area (Å²) in [6, 6.07) is 0. The minimum atomic E-state index is -0.876. The second-order valence-electron chi connectivity index (χ2n) is 11.3. The lowest BCUT2D eigenvalue weighted by atomic mass is 9.43. The fourth-order valence-electron chi connectivity index (χ4n) is 4.70. The van der Waals surface area contributed by atoms with E-state index in [9.17, 15) is 9.59 Å². The molecule has 7 heteroatoms. The van der Waals surface area contributed by atoms with E-state index in [0.717, 1.165) is 24.7 Å². The minimum absolute atomic E-state index is 0. The van der Waals surface area contributed by atoms with Crippen LogP contribution in [-0.2, 0) is 14.3 Å². The predicted molar refractivity (Wildman–Crippen MR) is 119 cm³/mol. The number of halogens is 1. The van der Waals surface area contributed by atoms with E-state index in [1.165, 1.54) is 38.5 Å². The monoisotopic (exact) mass is 447 g/mol. The molecule has 176 valence electrons. The summed E-state index contributed by atoms with van der Waals surface area (Å²) in [6.07, 6.45) is 10.4. The van der Waals surface area contributed by atoms with Gasteiger partial charge in [0, 0.05) is 6.61 Å². The highest BCUT2D eigenvalue weighted by atomic mass is 35.5. The van der Waals surface area contributed by atoms with Gasteiger partial charge >= 0.3 is 11.9 Å². The van der Waals surface area contributed by atoms with Crippen LogP contribution in [0.3, 0.4) is 0 Å². The van der Waals surface area contributed by atoms with Crippen molar-refractivity contribution in [3.05, 3.63) is 0 Å². The van der Waals surface area contributed by atoms with Crippen LogP contribution < -0.4 is 6.15 Å². The fraction of sp³-hybridized carbons (Fsp3) is 0.913. The molecule has 0 spiro atoms. The van der Waals surface area contributed by atoms with Gasteiger partial charge in [0.25, 0.3) is 0 Å². The fourth-order valence-corrected chi connectivity index (χ4v) is 4.75. The van der Waals surface area contributed by atoms with Gasteiger partial charge < -0.3 is 21.1 Å². The summed E-state index contributed by atoms with van der Waals surface area (Å²) in [5.41, 5.74) is 0.640. The number of aliphatic hydroxyl groups excluding tert-OH is 1. The average Bonchev–Trinajstić information content (AvgIpc) is 2.42. The lowest BCUT2D eigenvalue weighted by Crippen LogP contribution is -2.52. The van der Waals surface area contributed by atoms with E-state index >= 15 is 0 Å². The van der Waals surface area contributed by atoms with E-state index in [0.29, 0.717) is 24.0 Å². The standard InChI is InChI=1S/C11H17ClO2.C7H12O.C5H10O2.H3N/c1-10(2,12)9(13)14-4-3-11-5-8(6-11)7-11;8-2-1-7-3-6(4-7)5-7;1-5(2,3)4(6)7;/h8H,3-7H2,1-2H3;6,8H,1-5H2;1-3H3,(H,6,7);1H3. The molecule has 0 radical (unpaired) electrons. The van der Waals surface area contributed by atoms with Crippen LogP contribution in [0.25, 0.3) is 0 Å². The van der Waals surface area contributed by atoms with Crippen LogP contribution in [0.15, 0.2) is 0 Å². The minimum Gasteiger partial charge on any atom is -0.481 e. The highest BCUT2D eigenvalue weighted by Crippen LogP contribution is 2.66. The van der Waals surface area contributed by atoms with Gasteiger partial charge in [0.1, 0.15) is 4.87 Å². The summed E-state index contributed by atoms with van der Waals surface area (Å²) in [7, 11) is 0. The number of alkyl halides is 1. The average molecular weight is 448 g/mol. The second kappa shape index (κ2) is 9.74. The van der Waals surface area contributed by atoms with Gasteiger partial charge in [-0.15, -0.1) is 11.6 Å². The van der Waals surface area contributed by atoms with Crippen LogP contribution in [0.2, 0.25) is 0 Å². The third-order valence-electron chi connectivity index (χ3n) is 6.96. The highest BCUT2D eigenvalue weighted by Gasteiger charge is 2.56. The molecule has 0 aromatic rings. The molecule has 6 aliphatic rings.